The molecule has 1 fully saturated rings. The lowest BCUT2D eigenvalue weighted by Crippen LogP contribution is -2.43. The number of rotatable bonds is 4. The molecule has 2 N–H and O–H groups in total. The highest BCUT2D eigenvalue weighted by Gasteiger charge is 2.24. The molecule has 7 nitrogen and oxygen atoms in total. The predicted octanol–water partition coefficient (Wildman–Crippen LogP) is 1.83. The molecule has 0 radical (unpaired) electrons. The molecule has 2 heterocycles. The Bertz CT molecular complexity index is 852. The van der Waals surface area contributed by atoms with E-state index in [1.54, 1.807) is 29.4 Å². The molecule has 1 aliphatic rings. The van der Waals surface area contributed by atoms with Crippen LogP contribution in [0.3, 0.4) is 0 Å². The van der Waals surface area contributed by atoms with Gasteiger partial charge in [0.25, 0.3) is 5.91 Å². The number of aromatic nitrogens is 1. The summed E-state index contributed by atoms with van der Waals surface area (Å²) in [5.74, 6) is -1.94. The fourth-order valence-electron chi connectivity index (χ4n) is 3.09. The Kier molecular flexibility index (Phi) is 6.31. The molecule has 1 aromatic heterocycles. The van der Waals surface area contributed by atoms with E-state index in [-0.39, 0.29) is 17.5 Å². The van der Waals surface area contributed by atoms with Crippen LogP contribution >= 0.6 is 0 Å². The van der Waals surface area contributed by atoms with E-state index in [1.807, 2.05) is 0 Å². The first kappa shape index (κ1) is 19.5. The van der Waals surface area contributed by atoms with Crippen LogP contribution in [0.4, 0.5) is 10.1 Å². The lowest BCUT2D eigenvalue weighted by atomic mass is 9.96. The lowest BCUT2D eigenvalue weighted by molar-refractivity contribution is -0.136. The van der Waals surface area contributed by atoms with Crippen LogP contribution in [-0.2, 0) is 9.59 Å². The van der Waals surface area contributed by atoms with E-state index in [0.29, 0.717) is 25.2 Å². The maximum absolute atomic E-state index is 13.1. The quantitative estimate of drug-likeness (QED) is 0.787. The van der Waals surface area contributed by atoms with Crippen molar-refractivity contribution in [1.29, 1.82) is 0 Å². The van der Waals surface area contributed by atoms with Crippen molar-refractivity contribution in [2.24, 2.45) is 5.92 Å². The van der Waals surface area contributed by atoms with Crippen molar-refractivity contribution in [3.63, 3.8) is 0 Å². The molecule has 8 heteroatoms. The Morgan fingerprint density at radius 1 is 1.07 bits per heavy atom. The molecule has 0 spiro atoms. The van der Waals surface area contributed by atoms with Crippen molar-refractivity contribution < 1.29 is 18.8 Å². The normalized spacial score (nSPS) is 14.4. The van der Waals surface area contributed by atoms with Gasteiger partial charge >= 0.3 is 11.8 Å². The Morgan fingerprint density at radius 2 is 1.79 bits per heavy atom. The smallest absolute Gasteiger partial charge is 0.313 e. The van der Waals surface area contributed by atoms with E-state index in [4.69, 9.17) is 0 Å². The van der Waals surface area contributed by atoms with Gasteiger partial charge in [0.15, 0.2) is 0 Å². The van der Waals surface area contributed by atoms with Gasteiger partial charge in [0.1, 0.15) is 5.82 Å². The van der Waals surface area contributed by atoms with Crippen LogP contribution in [0.1, 0.15) is 23.2 Å². The summed E-state index contributed by atoms with van der Waals surface area (Å²) in [5.41, 5.74) is 0.832. The van der Waals surface area contributed by atoms with E-state index < -0.39 is 17.6 Å². The molecule has 28 heavy (non-hydrogen) atoms. The molecule has 0 atom stereocenters. The number of anilines is 1. The second kappa shape index (κ2) is 9.07. The summed E-state index contributed by atoms with van der Waals surface area (Å²) in [6.45, 7) is 1.54. The molecule has 3 amide bonds. The van der Waals surface area contributed by atoms with E-state index >= 15 is 0 Å². The highest BCUT2D eigenvalue weighted by Crippen LogP contribution is 2.18. The summed E-state index contributed by atoms with van der Waals surface area (Å²) in [7, 11) is 0. The number of carbonyl (C=O) groups is 3. The fourth-order valence-corrected chi connectivity index (χ4v) is 3.09. The van der Waals surface area contributed by atoms with Crippen LogP contribution in [0.5, 0.6) is 0 Å². The largest absolute Gasteiger partial charge is 0.348 e. The third-order valence-corrected chi connectivity index (χ3v) is 4.67. The van der Waals surface area contributed by atoms with Crippen molar-refractivity contribution in [3.8, 4) is 0 Å². The van der Waals surface area contributed by atoms with Crippen LogP contribution in [0.15, 0.2) is 48.8 Å². The van der Waals surface area contributed by atoms with Crippen LogP contribution in [0.25, 0.3) is 0 Å². The third-order valence-electron chi connectivity index (χ3n) is 4.67. The van der Waals surface area contributed by atoms with Crippen molar-refractivity contribution >= 4 is 23.4 Å². The summed E-state index contributed by atoms with van der Waals surface area (Å²) in [5, 5.41) is 4.97. The van der Waals surface area contributed by atoms with E-state index in [9.17, 15) is 18.8 Å². The van der Waals surface area contributed by atoms with Gasteiger partial charge in [0.05, 0.1) is 0 Å². The summed E-state index contributed by atoms with van der Waals surface area (Å²) < 4.78 is 13.1. The summed E-state index contributed by atoms with van der Waals surface area (Å²) in [6, 6.07) is 8.72. The number of hydrogen-bond donors (Lipinski definition) is 2. The molecular weight excluding hydrogens is 363 g/mol. The van der Waals surface area contributed by atoms with Crippen molar-refractivity contribution in [2.75, 3.05) is 25.0 Å². The zero-order chi connectivity index (χ0) is 19.9. The van der Waals surface area contributed by atoms with Gasteiger partial charge in [-0.05, 0) is 49.1 Å². The first-order valence-electron chi connectivity index (χ1n) is 9.07. The number of likely N-dealkylation sites (tertiary alicyclic amines) is 1. The number of piperidine rings is 1. The van der Waals surface area contributed by atoms with Gasteiger partial charge < -0.3 is 15.5 Å². The van der Waals surface area contributed by atoms with E-state index in [1.165, 1.54) is 18.2 Å². The van der Waals surface area contributed by atoms with Gasteiger partial charge in [0, 0.05) is 43.3 Å². The fraction of sp³-hybridized carbons (Fsp3) is 0.300. The molecule has 3 rings (SSSR count). The number of carbonyl (C=O) groups excluding carboxylic acids is 3. The number of benzene rings is 1. The highest BCUT2D eigenvalue weighted by atomic mass is 19.1. The molecule has 146 valence electrons. The average molecular weight is 384 g/mol. The Labute approximate surface area is 161 Å². The molecular formula is C20H21FN4O3. The van der Waals surface area contributed by atoms with Crippen molar-refractivity contribution in [3.05, 3.63) is 60.2 Å². The Morgan fingerprint density at radius 3 is 2.46 bits per heavy atom. The third kappa shape index (κ3) is 5.12. The van der Waals surface area contributed by atoms with E-state index in [2.05, 4.69) is 15.6 Å². The van der Waals surface area contributed by atoms with Gasteiger partial charge in [0.2, 0.25) is 0 Å². The number of halogens is 1. The summed E-state index contributed by atoms with van der Waals surface area (Å²) in [6.07, 6.45) is 4.65. The maximum Gasteiger partial charge on any atom is 0.313 e. The van der Waals surface area contributed by atoms with Gasteiger partial charge in [-0.2, -0.15) is 0 Å². The zero-order valence-electron chi connectivity index (χ0n) is 15.2. The first-order chi connectivity index (χ1) is 13.5. The summed E-state index contributed by atoms with van der Waals surface area (Å²) >= 11 is 0. The van der Waals surface area contributed by atoms with Gasteiger partial charge in [-0.1, -0.05) is 6.07 Å². The van der Waals surface area contributed by atoms with Crippen LogP contribution < -0.4 is 10.6 Å². The minimum atomic E-state index is -0.837. The summed E-state index contributed by atoms with van der Waals surface area (Å²) in [4.78, 5) is 41.9. The molecule has 1 saturated heterocycles. The average Bonchev–Trinajstić information content (AvgIpc) is 2.72. The van der Waals surface area contributed by atoms with Crippen LogP contribution in [0.2, 0.25) is 0 Å². The van der Waals surface area contributed by atoms with Gasteiger partial charge in [-0.15, -0.1) is 0 Å². The molecule has 1 aliphatic heterocycles. The first-order valence-corrected chi connectivity index (χ1v) is 9.07. The molecule has 0 saturated carbocycles. The van der Waals surface area contributed by atoms with Crippen molar-refractivity contribution in [2.45, 2.75) is 12.8 Å². The standard InChI is InChI=1S/C20H21FN4O3/c21-16-2-1-3-17(12-16)24-19(27)18(26)23-13-14-6-10-25(11-7-14)20(28)15-4-8-22-9-5-15/h1-5,8-9,12,14H,6-7,10-11,13H2,(H,23,26)(H,24,27). The van der Waals surface area contributed by atoms with Crippen molar-refractivity contribution in [1.82, 2.24) is 15.2 Å². The second-order valence-corrected chi connectivity index (χ2v) is 6.65. The highest BCUT2D eigenvalue weighted by molar-refractivity contribution is 6.39. The zero-order valence-corrected chi connectivity index (χ0v) is 15.2. The molecule has 0 aliphatic carbocycles. The number of pyridine rings is 1. The topological polar surface area (TPSA) is 91.4 Å². The minimum absolute atomic E-state index is 0.0284. The maximum atomic E-state index is 13.1. The van der Waals surface area contributed by atoms with Gasteiger partial charge in [-0.25, -0.2) is 4.39 Å². The number of nitrogens with zero attached hydrogens (tertiary/aromatic N) is 2. The second-order valence-electron chi connectivity index (χ2n) is 6.65. The SMILES string of the molecule is O=C(NCC1CCN(C(=O)c2ccncc2)CC1)C(=O)Nc1cccc(F)c1. The van der Waals surface area contributed by atoms with Crippen LogP contribution in [-0.4, -0.2) is 47.2 Å². The molecule has 2 aromatic rings. The predicted molar refractivity (Wildman–Crippen MR) is 101 cm³/mol. The van der Waals surface area contributed by atoms with Gasteiger partial charge in [-0.3, -0.25) is 19.4 Å². The minimum Gasteiger partial charge on any atom is -0.348 e. The molecule has 0 bridgehead atoms. The Hall–Kier alpha value is -3.29. The van der Waals surface area contributed by atoms with Crippen LogP contribution in [0, 0.1) is 11.7 Å². The molecule has 0 unspecified atom stereocenters. The number of nitrogens with one attached hydrogen (secondary N) is 2. The number of amides is 3. The Balaban J connectivity index is 1.42. The van der Waals surface area contributed by atoms with E-state index in [0.717, 1.165) is 18.9 Å². The monoisotopic (exact) mass is 384 g/mol. The number of hydrogen-bond acceptors (Lipinski definition) is 4. The molecule has 1 aromatic carbocycles. The lowest BCUT2D eigenvalue weighted by Gasteiger charge is -2.32.